The van der Waals surface area contributed by atoms with E-state index in [1.54, 1.807) is 0 Å². The van der Waals surface area contributed by atoms with E-state index in [0.29, 0.717) is 25.7 Å². The van der Waals surface area contributed by atoms with Crippen molar-refractivity contribution in [3.8, 4) is 0 Å². The van der Waals surface area contributed by atoms with Gasteiger partial charge in [0.25, 0.3) is 0 Å². The van der Waals surface area contributed by atoms with Gasteiger partial charge in [-0.1, -0.05) is 0 Å². The molecule has 2 aliphatic rings. The molecule has 0 saturated carbocycles. The highest BCUT2D eigenvalue weighted by atomic mass is 16.5. The summed E-state index contributed by atoms with van der Waals surface area (Å²) in [4.78, 5) is 24.2. The number of aliphatic imine (C=N–C) groups is 1. The van der Waals surface area contributed by atoms with E-state index in [0.717, 1.165) is 57.1 Å². The second-order valence-electron chi connectivity index (χ2n) is 8.32. The molecule has 0 spiro atoms. The first-order chi connectivity index (χ1) is 14.5. The Labute approximate surface area is 180 Å². The predicted molar refractivity (Wildman–Crippen MR) is 117 cm³/mol. The molecule has 3 heterocycles. The van der Waals surface area contributed by atoms with Gasteiger partial charge in [-0.05, 0) is 33.9 Å². The maximum absolute atomic E-state index is 12.8. The molecule has 3 rings (SSSR count). The number of amides is 1. The number of carbonyl (C=O) groups is 1. The molecule has 1 aromatic heterocycles. The van der Waals surface area contributed by atoms with Crippen LogP contribution in [0, 0.1) is 5.92 Å². The summed E-state index contributed by atoms with van der Waals surface area (Å²) in [5.74, 6) is 1.35. The van der Waals surface area contributed by atoms with E-state index < -0.39 is 0 Å². The average Bonchev–Trinajstić information content (AvgIpc) is 3.19. The maximum Gasteiger partial charge on any atom is 0.225 e. The van der Waals surface area contributed by atoms with Crippen molar-refractivity contribution in [3.05, 3.63) is 18.0 Å². The van der Waals surface area contributed by atoms with E-state index in [1.807, 2.05) is 22.8 Å². The first-order valence-corrected chi connectivity index (χ1v) is 11.0. The van der Waals surface area contributed by atoms with Crippen molar-refractivity contribution in [3.63, 3.8) is 0 Å². The Morgan fingerprint density at radius 3 is 2.53 bits per heavy atom. The van der Waals surface area contributed by atoms with E-state index in [-0.39, 0.29) is 12.0 Å². The van der Waals surface area contributed by atoms with Gasteiger partial charge in [0, 0.05) is 57.4 Å². The third kappa shape index (κ3) is 5.72. The Kier molecular flexibility index (Phi) is 8.09. The number of guanidine groups is 1. The topological polar surface area (TPSA) is 78.2 Å². The van der Waals surface area contributed by atoms with E-state index >= 15 is 0 Å². The zero-order valence-corrected chi connectivity index (χ0v) is 18.9. The lowest BCUT2D eigenvalue weighted by atomic mass is 9.95. The maximum atomic E-state index is 12.8. The lowest BCUT2D eigenvalue weighted by molar-refractivity contribution is -0.140. The highest BCUT2D eigenvalue weighted by Gasteiger charge is 2.30. The molecule has 2 fully saturated rings. The molecule has 0 aliphatic carbocycles. The smallest absolute Gasteiger partial charge is 0.225 e. The Bertz CT molecular complexity index is 704. The zero-order chi connectivity index (χ0) is 21.5. The highest BCUT2D eigenvalue weighted by molar-refractivity contribution is 5.82. The molecule has 1 N–H and O–H groups in total. The summed E-state index contributed by atoms with van der Waals surface area (Å²) in [5.41, 5.74) is 1.16. The summed E-state index contributed by atoms with van der Waals surface area (Å²) < 4.78 is 7.20. The van der Waals surface area contributed by atoms with Gasteiger partial charge in [-0.15, -0.1) is 0 Å². The van der Waals surface area contributed by atoms with Crippen LogP contribution in [0.1, 0.15) is 31.4 Å². The second-order valence-corrected chi connectivity index (χ2v) is 8.32. The summed E-state index contributed by atoms with van der Waals surface area (Å²) in [6.45, 7) is 8.05. The first-order valence-electron chi connectivity index (χ1n) is 11.0. The van der Waals surface area contributed by atoms with Crippen molar-refractivity contribution in [2.75, 3.05) is 66.6 Å². The van der Waals surface area contributed by atoms with Crippen LogP contribution in [-0.4, -0.2) is 103 Å². The summed E-state index contributed by atoms with van der Waals surface area (Å²) >= 11 is 0. The van der Waals surface area contributed by atoms with Gasteiger partial charge in [0.05, 0.1) is 32.0 Å². The molecule has 1 unspecified atom stereocenters. The van der Waals surface area contributed by atoms with Gasteiger partial charge in [-0.2, -0.15) is 5.10 Å². The van der Waals surface area contributed by atoms with Gasteiger partial charge in [-0.3, -0.25) is 14.5 Å². The van der Waals surface area contributed by atoms with Gasteiger partial charge < -0.3 is 24.8 Å². The molecule has 0 bridgehead atoms. The molecule has 9 heteroatoms. The third-order valence-electron chi connectivity index (χ3n) is 5.95. The first kappa shape index (κ1) is 22.6. The minimum Gasteiger partial charge on any atom is -0.378 e. The number of aromatic nitrogens is 2. The number of piperidine rings is 1. The SMILES string of the molecule is CCNC(=NCC(c1cnn(C)c1)N(C)C)N1CCC(C(=O)N2CCOCC2)CC1. The van der Waals surface area contributed by atoms with E-state index in [4.69, 9.17) is 9.73 Å². The van der Waals surface area contributed by atoms with Crippen LogP contribution in [0.15, 0.2) is 17.4 Å². The number of carbonyl (C=O) groups excluding carboxylic acids is 1. The number of hydrogen-bond acceptors (Lipinski definition) is 5. The van der Waals surface area contributed by atoms with E-state index in [9.17, 15) is 4.79 Å². The normalized spacial score (nSPS) is 20.0. The quantitative estimate of drug-likeness (QED) is 0.536. The highest BCUT2D eigenvalue weighted by Crippen LogP contribution is 2.22. The van der Waals surface area contributed by atoms with Gasteiger partial charge in [0.2, 0.25) is 5.91 Å². The van der Waals surface area contributed by atoms with Crippen LogP contribution in [0.2, 0.25) is 0 Å². The average molecular weight is 420 g/mol. The van der Waals surface area contributed by atoms with E-state index in [1.165, 1.54) is 0 Å². The van der Waals surface area contributed by atoms with Crippen molar-refractivity contribution in [1.82, 2.24) is 29.8 Å². The van der Waals surface area contributed by atoms with Gasteiger partial charge in [-0.25, -0.2) is 0 Å². The Morgan fingerprint density at radius 1 is 1.27 bits per heavy atom. The van der Waals surface area contributed by atoms with Crippen molar-refractivity contribution in [2.45, 2.75) is 25.8 Å². The predicted octanol–water partition coefficient (Wildman–Crippen LogP) is 0.559. The van der Waals surface area contributed by atoms with Crippen LogP contribution in [-0.2, 0) is 16.6 Å². The fourth-order valence-electron chi connectivity index (χ4n) is 4.16. The summed E-state index contributed by atoms with van der Waals surface area (Å²) in [5, 5.41) is 7.74. The number of nitrogens with zero attached hydrogens (tertiary/aromatic N) is 6. The lowest BCUT2D eigenvalue weighted by Gasteiger charge is -2.37. The molecule has 168 valence electrons. The number of aryl methyl sites for hydroxylation is 1. The van der Waals surface area contributed by atoms with Crippen LogP contribution < -0.4 is 5.32 Å². The Morgan fingerprint density at radius 2 is 1.97 bits per heavy atom. The van der Waals surface area contributed by atoms with Crippen molar-refractivity contribution in [1.29, 1.82) is 0 Å². The number of likely N-dealkylation sites (tertiary alicyclic amines) is 1. The molecule has 9 nitrogen and oxygen atoms in total. The van der Waals surface area contributed by atoms with Crippen molar-refractivity contribution < 1.29 is 9.53 Å². The lowest BCUT2D eigenvalue weighted by Crippen LogP contribution is -2.50. The molecular formula is C21H37N7O2. The second kappa shape index (κ2) is 10.8. The van der Waals surface area contributed by atoms with E-state index in [2.05, 4.69) is 47.4 Å². The molecule has 1 atom stereocenters. The zero-order valence-electron chi connectivity index (χ0n) is 18.9. The largest absolute Gasteiger partial charge is 0.378 e. The fraction of sp³-hybridized carbons (Fsp3) is 0.762. The summed E-state index contributed by atoms with van der Waals surface area (Å²) in [6, 6.07) is 0.174. The van der Waals surface area contributed by atoms with Gasteiger partial charge in [0.1, 0.15) is 0 Å². The van der Waals surface area contributed by atoms with Crippen molar-refractivity contribution >= 4 is 11.9 Å². The van der Waals surface area contributed by atoms with Gasteiger partial charge in [0.15, 0.2) is 5.96 Å². The minimum atomic E-state index is 0.118. The number of nitrogens with one attached hydrogen (secondary N) is 1. The van der Waals surface area contributed by atoms with Crippen molar-refractivity contribution in [2.24, 2.45) is 18.0 Å². The molecule has 30 heavy (non-hydrogen) atoms. The Balaban J connectivity index is 1.60. The number of rotatable bonds is 6. The molecule has 2 saturated heterocycles. The molecule has 1 aromatic rings. The standard InChI is InChI=1S/C21H37N7O2/c1-5-22-21(23-15-19(25(2)3)18-14-24-26(4)16-18)28-8-6-17(7-9-28)20(29)27-10-12-30-13-11-27/h14,16-17,19H,5-13,15H2,1-4H3,(H,22,23). The van der Waals surface area contributed by atoms with Crippen LogP contribution in [0.4, 0.5) is 0 Å². The van der Waals surface area contributed by atoms with Crippen LogP contribution in [0.5, 0.6) is 0 Å². The van der Waals surface area contributed by atoms with Crippen LogP contribution >= 0.6 is 0 Å². The number of ether oxygens (including phenoxy) is 1. The molecule has 0 radical (unpaired) electrons. The number of hydrogen-bond donors (Lipinski definition) is 1. The molecule has 0 aromatic carbocycles. The van der Waals surface area contributed by atoms with Crippen LogP contribution in [0.25, 0.3) is 0 Å². The summed E-state index contributed by atoms with van der Waals surface area (Å²) in [7, 11) is 6.08. The number of likely N-dealkylation sites (N-methyl/N-ethyl adjacent to an activating group) is 1. The molecule has 1 amide bonds. The van der Waals surface area contributed by atoms with Gasteiger partial charge >= 0.3 is 0 Å². The monoisotopic (exact) mass is 419 g/mol. The third-order valence-corrected chi connectivity index (χ3v) is 5.95. The fourth-order valence-corrected chi connectivity index (χ4v) is 4.16. The Hall–Kier alpha value is -2.13. The molecular weight excluding hydrogens is 382 g/mol. The number of morpholine rings is 1. The molecule has 2 aliphatic heterocycles. The minimum absolute atomic E-state index is 0.118. The summed E-state index contributed by atoms with van der Waals surface area (Å²) in [6.07, 6.45) is 5.71. The van der Waals surface area contributed by atoms with Crippen LogP contribution in [0.3, 0.4) is 0 Å².